The Morgan fingerprint density at radius 2 is 1.71 bits per heavy atom. The Labute approximate surface area is 165 Å². The van der Waals surface area contributed by atoms with E-state index in [-0.39, 0.29) is 11.7 Å². The summed E-state index contributed by atoms with van der Waals surface area (Å²) in [4.78, 5) is 12.9. The van der Waals surface area contributed by atoms with Gasteiger partial charge in [0, 0.05) is 11.3 Å². The van der Waals surface area contributed by atoms with Crippen LogP contribution in [0.5, 0.6) is 11.5 Å². The highest BCUT2D eigenvalue weighted by molar-refractivity contribution is 7.12. The maximum Gasteiger partial charge on any atom is 0.387 e. The van der Waals surface area contributed by atoms with Gasteiger partial charge in [0.05, 0.1) is 4.88 Å². The van der Waals surface area contributed by atoms with Gasteiger partial charge < -0.3 is 14.8 Å². The Balaban J connectivity index is 1.57. The highest BCUT2D eigenvalue weighted by atomic mass is 32.1. The molecule has 3 rings (SSSR count). The average Bonchev–Trinajstić information content (AvgIpc) is 3.10. The number of alkyl halides is 2. The van der Waals surface area contributed by atoms with Crippen molar-refractivity contribution in [3.05, 3.63) is 75.5 Å². The van der Waals surface area contributed by atoms with Crippen LogP contribution in [0.1, 0.15) is 26.4 Å². The Bertz CT molecular complexity index is 934. The topological polar surface area (TPSA) is 47.6 Å². The number of rotatable bonds is 7. The van der Waals surface area contributed by atoms with Gasteiger partial charge in [0.1, 0.15) is 18.1 Å². The second-order valence-electron chi connectivity index (χ2n) is 6.29. The van der Waals surface area contributed by atoms with Gasteiger partial charge in [0.15, 0.2) is 0 Å². The first-order valence-electron chi connectivity index (χ1n) is 8.54. The van der Waals surface area contributed by atoms with Crippen molar-refractivity contribution in [1.29, 1.82) is 0 Å². The van der Waals surface area contributed by atoms with E-state index in [0.717, 1.165) is 22.4 Å². The van der Waals surface area contributed by atoms with Crippen molar-refractivity contribution < 1.29 is 23.0 Å². The highest BCUT2D eigenvalue weighted by Gasteiger charge is 2.11. The molecule has 0 saturated carbocycles. The van der Waals surface area contributed by atoms with E-state index < -0.39 is 6.61 Å². The maximum atomic E-state index is 12.4. The molecule has 0 bridgehead atoms. The molecule has 0 aliphatic heterocycles. The molecule has 0 aliphatic rings. The molecule has 28 heavy (non-hydrogen) atoms. The first-order chi connectivity index (χ1) is 13.4. The lowest BCUT2D eigenvalue weighted by molar-refractivity contribution is -0.0498. The number of thiophene rings is 1. The van der Waals surface area contributed by atoms with Gasteiger partial charge in [-0.15, -0.1) is 11.3 Å². The smallest absolute Gasteiger partial charge is 0.387 e. The van der Waals surface area contributed by atoms with Crippen molar-refractivity contribution in [2.75, 3.05) is 5.32 Å². The van der Waals surface area contributed by atoms with Gasteiger partial charge >= 0.3 is 6.61 Å². The normalized spacial score (nSPS) is 10.8. The Kier molecular flexibility index (Phi) is 6.26. The number of anilines is 1. The quantitative estimate of drug-likeness (QED) is 0.543. The molecule has 0 saturated heterocycles. The summed E-state index contributed by atoms with van der Waals surface area (Å²) in [5.74, 6) is 0.556. The monoisotopic (exact) mass is 403 g/mol. The van der Waals surface area contributed by atoms with Crippen LogP contribution in [0, 0.1) is 13.8 Å². The zero-order valence-electron chi connectivity index (χ0n) is 15.4. The molecule has 0 spiro atoms. The zero-order chi connectivity index (χ0) is 20.1. The highest BCUT2D eigenvalue weighted by Crippen LogP contribution is 2.22. The maximum absolute atomic E-state index is 12.4. The van der Waals surface area contributed by atoms with Crippen molar-refractivity contribution in [3.8, 4) is 11.5 Å². The van der Waals surface area contributed by atoms with E-state index in [1.54, 1.807) is 6.07 Å². The molecule has 0 fully saturated rings. The predicted molar refractivity (Wildman–Crippen MR) is 106 cm³/mol. The number of hydrogen-bond acceptors (Lipinski definition) is 4. The molecule has 1 heterocycles. The van der Waals surface area contributed by atoms with Crippen LogP contribution >= 0.6 is 11.3 Å². The Hall–Kier alpha value is -2.93. The van der Waals surface area contributed by atoms with Crippen LogP contribution in [-0.4, -0.2) is 12.5 Å². The number of aryl methyl sites for hydroxylation is 2. The van der Waals surface area contributed by atoms with Crippen LogP contribution in [0.4, 0.5) is 14.5 Å². The molecular weight excluding hydrogens is 384 g/mol. The summed E-state index contributed by atoms with van der Waals surface area (Å²) in [5.41, 5.74) is 3.65. The molecule has 1 amide bonds. The third-order valence-corrected chi connectivity index (χ3v) is 4.79. The summed E-state index contributed by atoms with van der Waals surface area (Å²) >= 11 is 1.31. The molecular formula is C21H19F2NO3S. The molecule has 4 nitrogen and oxygen atoms in total. The molecule has 1 aromatic heterocycles. The molecule has 0 unspecified atom stereocenters. The first-order valence-corrected chi connectivity index (χ1v) is 9.42. The van der Waals surface area contributed by atoms with Crippen LogP contribution in [-0.2, 0) is 6.61 Å². The summed E-state index contributed by atoms with van der Waals surface area (Å²) < 4.78 is 34.4. The molecule has 0 atom stereocenters. The SMILES string of the molecule is Cc1cc(C)cc(OCc2csc(C(=O)Nc3ccc(OC(F)F)cc3)c2)c1. The summed E-state index contributed by atoms with van der Waals surface area (Å²) in [5, 5.41) is 4.60. The van der Waals surface area contributed by atoms with Gasteiger partial charge in [-0.3, -0.25) is 4.79 Å². The number of hydrogen-bond donors (Lipinski definition) is 1. The van der Waals surface area contributed by atoms with Gasteiger partial charge in [-0.1, -0.05) is 6.07 Å². The van der Waals surface area contributed by atoms with E-state index in [1.165, 1.54) is 35.6 Å². The molecule has 0 radical (unpaired) electrons. The van der Waals surface area contributed by atoms with Crippen LogP contribution in [0.25, 0.3) is 0 Å². The summed E-state index contributed by atoms with van der Waals surface area (Å²) in [6, 6.07) is 13.5. The van der Waals surface area contributed by atoms with Crippen molar-refractivity contribution in [3.63, 3.8) is 0 Å². The summed E-state index contributed by atoms with van der Waals surface area (Å²) in [7, 11) is 0. The Morgan fingerprint density at radius 1 is 1.04 bits per heavy atom. The third-order valence-electron chi connectivity index (χ3n) is 3.82. The summed E-state index contributed by atoms with van der Waals surface area (Å²) in [6.07, 6.45) is 0. The van der Waals surface area contributed by atoms with E-state index >= 15 is 0 Å². The number of amides is 1. The third kappa shape index (κ3) is 5.53. The van der Waals surface area contributed by atoms with Crippen LogP contribution in [0.3, 0.4) is 0 Å². The largest absolute Gasteiger partial charge is 0.489 e. The van der Waals surface area contributed by atoms with E-state index in [4.69, 9.17) is 4.74 Å². The molecule has 3 aromatic rings. The lowest BCUT2D eigenvalue weighted by Crippen LogP contribution is -2.10. The fourth-order valence-electron chi connectivity index (χ4n) is 2.67. The summed E-state index contributed by atoms with van der Waals surface area (Å²) in [6.45, 7) is 1.51. The zero-order valence-corrected chi connectivity index (χ0v) is 16.2. The standard InChI is InChI=1S/C21H19F2NO3S/c1-13-7-14(2)9-18(8-13)26-11-15-10-19(28-12-15)20(25)24-16-3-5-17(6-4-16)27-21(22)23/h3-10,12,21H,11H2,1-2H3,(H,24,25). The first kappa shape index (κ1) is 19.8. The van der Waals surface area contributed by atoms with E-state index in [2.05, 4.69) is 16.1 Å². The lowest BCUT2D eigenvalue weighted by atomic mass is 10.1. The molecule has 1 N–H and O–H groups in total. The molecule has 2 aromatic carbocycles. The minimum absolute atomic E-state index is 0.0370. The van der Waals surface area contributed by atoms with Gasteiger partial charge in [-0.25, -0.2) is 0 Å². The number of benzene rings is 2. The number of halogens is 2. The molecule has 0 aliphatic carbocycles. The van der Waals surface area contributed by atoms with Gasteiger partial charge in [-0.05, 0) is 72.8 Å². The number of carbonyl (C=O) groups excluding carboxylic acids is 1. The average molecular weight is 403 g/mol. The number of nitrogens with one attached hydrogen (secondary N) is 1. The minimum Gasteiger partial charge on any atom is -0.489 e. The van der Waals surface area contributed by atoms with Crippen LogP contribution < -0.4 is 14.8 Å². The minimum atomic E-state index is -2.88. The van der Waals surface area contributed by atoms with Crippen molar-refractivity contribution >= 4 is 22.9 Å². The van der Waals surface area contributed by atoms with E-state index in [9.17, 15) is 13.6 Å². The fraction of sp³-hybridized carbons (Fsp3) is 0.190. The van der Waals surface area contributed by atoms with Gasteiger partial charge in [-0.2, -0.15) is 8.78 Å². The van der Waals surface area contributed by atoms with Crippen LogP contribution in [0.15, 0.2) is 53.9 Å². The van der Waals surface area contributed by atoms with Crippen molar-refractivity contribution in [2.45, 2.75) is 27.1 Å². The van der Waals surface area contributed by atoms with Crippen LogP contribution in [0.2, 0.25) is 0 Å². The second kappa shape index (κ2) is 8.84. The lowest BCUT2D eigenvalue weighted by Gasteiger charge is -2.07. The van der Waals surface area contributed by atoms with Gasteiger partial charge in [0.2, 0.25) is 0 Å². The van der Waals surface area contributed by atoms with E-state index in [1.807, 2.05) is 31.4 Å². The number of ether oxygens (including phenoxy) is 2. The van der Waals surface area contributed by atoms with E-state index in [0.29, 0.717) is 17.2 Å². The molecule has 146 valence electrons. The van der Waals surface area contributed by atoms with Crippen molar-refractivity contribution in [2.24, 2.45) is 0 Å². The second-order valence-corrected chi connectivity index (χ2v) is 7.20. The fourth-order valence-corrected chi connectivity index (χ4v) is 3.46. The van der Waals surface area contributed by atoms with Gasteiger partial charge in [0.25, 0.3) is 5.91 Å². The molecule has 7 heteroatoms. The Morgan fingerprint density at radius 3 is 2.36 bits per heavy atom. The number of carbonyl (C=O) groups is 1. The predicted octanol–water partition coefficient (Wildman–Crippen LogP) is 5.80. The van der Waals surface area contributed by atoms with Crippen molar-refractivity contribution in [1.82, 2.24) is 0 Å².